The van der Waals surface area contributed by atoms with Gasteiger partial charge in [0.2, 0.25) is 5.91 Å². The molecule has 0 unspecified atom stereocenters. The Morgan fingerprint density at radius 3 is 2.50 bits per heavy atom. The monoisotopic (exact) mass is 247 g/mol. The second-order valence-corrected chi connectivity index (χ2v) is 3.37. The molecule has 0 saturated carbocycles. The predicted molar refractivity (Wildman–Crippen MR) is 60.2 cm³/mol. The summed E-state index contributed by atoms with van der Waals surface area (Å²) in [5, 5.41) is 2.59. The first-order chi connectivity index (χ1) is 7.61. The molecule has 1 rings (SSSR count). The Balaban J connectivity index is 2.54. The Morgan fingerprint density at radius 2 is 2.00 bits per heavy atom. The highest BCUT2D eigenvalue weighted by molar-refractivity contribution is 7.80. The van der Waals surface area contributed by atoms with Crippen LogP contribution in [0.2, 0.25) is 0 Å². The predicted octanol–water partition coefficient (Wildman–Crippen LogP) is 2.55. The molecule has 1 aromatic carbocycles. The zero-order valence-corrected chi connectivity index (χ0v) is 9.22. The number of hydrogen-bond acceptors (Lipinski definition) is 3. The number of carbonyl (C=O) groups is 1. The maximum atomic E-state index is 11.8. The number of thiol groups is 1. The van der Waals surface area contributed by atoms with E-state index in [4.69, 9.17) is 0 Å². The first-order valence-electron chi connectivity index (χ1n) is 4.57. The van der Waals surface area contributed by atoms with Gasteiger partial charge in [0.05, 0.1) is 0 Å². The Labute approximate surface area is 97.2 Å². The van der Waals surface area contributed by atoms with Crippen LogP contribution < -0.4 is 10.1 Å². The maximum absolute atomic E-state index is 11.8. The number of alkyl halides is 2. The zero-order chi connectivity index (χ0) is 12.0. The number of anilines is 1. The molecular weight excluding hydrogens is 236 g/mol. The van der Waals surface area contributed by atoms with E-state index >= 15 is 0 Å². The van der Waals surface area contributed by atoms with Crippen LogP contribution in [0.4, 0.5) is 14.5 Å². The third-order valence-corrected chi connectivity index (χ3v) is 1.93. The van der Waals surface area contributed by atoms with Crippen LogP contribution in [0.5, 0.6) is 5.75 Å². The third-order valence-electron chi connectivity index (χ3n) is 1.70. The van der Waals surface area contributed by atoms with Crippen LogP contribution >= 0.6 is 12.6 Å². The molecule has 0 heterocycles. The molecule has 0 aromatic heterocycles. The van der Waals surface area contributed by atoms with Gasteiger partial charge in [-0.05, 0) is 30.0 Å². The fourth-order valence-corrected chi connectivity index (χ4v) is 1.25. The minimum Gasteiger partial charge on any atom is -0.435 e. The number of rotatable bonds is 5. The van der Waals surface area contributed by atoms with Crippen LogP contribution in [0.25, 0.3) is 0 Å². The van der Waals surface area contributed by atoms with Gasteiger partial charge in [0.1, 0.15) is 5.75 Å². The van der Waals surface area contributed by atoms with Gasteiger partial charge < -0.3 is 10.1 Å². The average Bonchev–Trinajstić information content (AvgIpc) is 2.20. The van der Waals surface area contributed by atoms with E-state index in [2.05, 4.69) is 22.7 Å². The van der Waals surface area contributed by atoms with E-state index in [1.54, 1.807) is 0 Å². The summed E-state index contributed by atoms with van der Waals surface area (Å²) in [5.41, 5.74) is 0.536. The Kier molecular flexibility index (Phi) is 5.04. The fourth-order valence-electron chi connectivity index (χ4n) is 1.04. The minimum atomic E-state index is -2.84. The van der Waals surface area contributed by atoms with Gasteiger partial charge in [0.15, 0.2) is 0 Å². The smallest absolute Gasteiger partial charge is 0.387 e. The van der Waals surface area contributed by atoms with E-state index in [1.165, 1.54) is 24.3 Å². The molecular formula is C10H11F2NO2S. The van der Waals surface area contributed by atoms with Crippen molar-refractivity contribution in [2.75, 3.05) is 11.1 Å². The van der Waals surface area contributed by atoms with Crippen molar-refractivity contribution < 1.29 is 18.3 Å². The lowest BCUT2D eigenvalue weighted by Gasteiger charge is -2.06. The van der Waals surface area contributed by atoms with E-state index < -0.39 is 6.61 Å². The molecule has 0 radical (unpaired) electrons. The SMILES string of the molecule is O=C(CCS)Nc1ccc(OC(F)F)cc1. The molecule has 16 heavy (non-hydrogen) atoms. The number of hydrogen-bond donors (Lipinski definition) is 2. The highest BCUT2D eigenvalue weighted by Gasteiger charge is 2.04. The molecule has 6 heteroatoms. The summed E-state index contributed by atoms with van der Waals surface area (Å²) in [7, 11) is 0. The van der Waals surface area contributed by atoms with Crippen molar-refractivity contribution in [3.63, 3.8) is 0 Å². The third kappa shape index (κ3) is 4.48. The second kappa shape index (κ2) is 6.32. The molecule has 1 amide bonds. The maximum Gasteiger partial charge on any atom is 0.387 e. The van der Waals surface area contributed by atoms with Crippen molar-refractivity contribution in [2.24, 2.45) is 0 Å². The van der Waals surface area contributed by atoms with Crippen molar-refractivity contribution in [1.29, 1.82) is 0 Å². The van der Waals surface area contributed by atoms with Gasteiger partial charge in [-0.3, -0.25) is 4.79 Å². The highest BCUT2D eigenvalue weighted by Crippen LogP contribution is 2.17. The number of carbonyl (C=O) groups excluding carboxylic acids is 1. The highest BCUT2D eigenvalue weighted by atomic mass is 32.1. The topological polar surface area (TPSA) is 38.3 Å². The number of halogens is 2. The van der Waals surface area contributed by atoms with Crippen LogP contribution in [0.3, 0.4) is 0 Å². The Morgan fingerprint density at radius 1 is 1.38 bits per heavy atom. The summed E-state index contributed by atoms with van der Waals surface area (Å²) < 4.78 is 27.8. The van der Waals surface area contributed by atoms with E-state index in [-0.39, 0.29) is 11.7 Å². The zero-order valence-electron chi connectivity index (χ0n) is 8.32. The van der Waals surface area contributed by atoms with E-state index in [9.17, 15) is 13.6 Å². The molecule has 0 aliphatic rings. The first kappa shape index (κ1) is 12.8. The summed E-state index contributed by atoms with van der Waals surface area (Å²) in [5.74, 6) is 0.345. The van der Waals surface area contributed by atoms with Crippen LogP contribution in [-0.2, 0) is 4.79 Å². The summed E-state index contributed by atoms with van der Waals surface area (Å²) in [6.45, 7) is -2.84. The Hall–Kier alpha value is -1.30. The molecule has 0 fully saturated rings. The summed E-state index contributed by atoms with van der Waals surface area (Å²) in [6, 6.07) is 5.72. The van der Waals surface area contributed by atoms with Crippen LogP contribution in [0.15, 0.2) is 24.3 Å². The summed E-state index contributed by atoms with van der Waals surface area (Å²) in [6.07, 6.45) is 0.304. The van der Waals surface area contributed by atoms with Crippen molar-refractivity contribution in [2.45, 2.75) is 13.0 Å². The largest absolute Gasteiger partial charge is 0.435 e. The van der Waals surface area contributed by atoms with Crippen LogP contribution in [0, 0.1) is 0 Å². The quantitative estimate of drug-likeness (QED) is 0.785. The molecule has 0 spiro atoms. The van der Waals surface area contributed by atoms with Crippen molar-refractivity contribution >= 4 is 24.2 Å². The van der Waals surface area contributed by atoms with Gasteiger partial charge in [0.25, 0.3) is 0 Å². The lowest BCUT2D eigenvalue weighted by molar-refractivity contribution is -0.115. The molecule has 0 saturated heterocycles. The Bertz CT molecular complexity index is 343. The summed E-state index contributed by atoms with van der Waals surface area (Å²) in [4.78, 5) is 11.2. The van der Waals surface area contributed by atoms with Gasteiger partial charge in [-0.15, -0.1) is 0 Å². The van der Waals surface area contributed by atoms with Gasteiger partial charge >= 0.3 is 6.61 Å². The van der Waals surface area contributed by atoms with E-state index in [1.807, 2.05) is 0 Å². The van der Waals surface area contributed by atoms with Gasteiger partial charge in [-0.1, -0.05) is 0 Å². The van der Waals surface area contributed by atoms with E-state index in [0.717, 1.165) is 0 Å². The molecule has 1 N–H and O–H groups in total. The molecule has 0 aliphatic heterocycles. The van der Waals surface area contributed by atoms with Crippen molar-refractivity contribution in [1.82, 2.24) is 0 Å². The van der Waals surface area contributed by atoms with Crippen molar-refractivity contribution in [3.05, 3.63) is 24.3 Å². The molecule has 0 aliphatic carbocycles. The number of amides is 1. The van der Waals surface area contributed by atoms with Gasteiger partial charge in [0, 0.05) is 12.1 Å². The van der Waals surface area contributed by atoms with Crippen molar-refractivity contribution in [3.8, 4) is 5.75 Å². The molecule has 0 bridgehead atoms. The molecule has 3 nitrogen and oxygen atoms in total. The lowest BCUT2D eigenvalue weighted by atomic mass is 10.3. The van der Waals surface area contributed by atoms with E-state index in [0.29, 0.717) is 17.9 Å². The minimum absolute atomic E-state index is 0.0576. The van der Waals surface area contributed by atoms with Gasteiger partial charge in [-0.2, -0.15) is 21.4 Å². The normalized spacial score (nSPS) is 10.2. The lowest BCUT2D eigenvalue weighted by Crippen LogP contribution is -2.11. The van der Waals surface area contributed by atoms with Crippen LogP contribution in [-0.4, -0.2) is 18.3 Å². The summed E-state index contributed by atoms with van der Waals surface area (Å²) >= 11 is 3.92. The number of nitrogens with one attached hydrogen (secondary N) is 1. The molecule has 88 valence electrons. The number of ether oxygens (including phenoxy) is 1. The first-order valence-corrected chi connectivity index (χ1v) is 5.20. The standard InChI is InChI=1S/C10H11F2NO2S/c11-10(12)15-8-3-1-7(2-4-8)13-9(14)5-6-16/h1-4,10,16H,5-6H2,(H,13,14). The average molecular weight is 247 g/mol. The van der Waals surface area contributed by atoms with Crippen LogP contribution in [0.1, 0.15) is 6.42 Å². The fraction of sp³-hybridized carbons (Fsp3) is 0.300. The molecule has 1 aromatic rings. The number of benzene rings is 1. The molecule has 0 atom stereocenters. The van der Waals surface area contributed by atoms with Gasteiger partial charge in [-0.25, -0.2) is 0 Å². The second-order valence-electron chi connectivity index (χ2n) is 2.92.